The Morgan fingerprint density at radius 2 is 1.97 bits per heavy atom. The summed E-state index contributed by atoms with van der Waals surface area (Å²) in [7, 11) is 5.38. The summed E-state index contributed by atoms with van der Waals surface area (Å²) in [4.78, 5) is 25.2. The van der Waals surface area contributed by atoms with Gasteiger partial charge >= 0.3 is 6.03 Å². The number of amides is 2. The third-order valence-electron chi connectivity index (χ3n) is 5.97. The van der Waals surface area contributed by atoms with Crippen LogP contribution in [0.3, 0.4) is 0 Å². The van der Waals surface area contributed by atoms with Crippen LogP contribution in [0.15, 0.2) is 72.6 Å². The summed E-state index contributed by atoms with van der Waals surface area (Å²) < 4.78 is 33.1. The second-order valence-electron chi connectivity index (χ2n) is 8.66. The number of hydrogen-bond donors (Lipinski definition) is 1. The van der Waals surface area contributed by atoms with E-state index >= 15 is 0 Å². The zero-order valence-corrected chi connectivity index (χ0v) is 21.8. The number of urea groups is 1. The third-order valence-corrected chi connectivity index (χ3v) is 6.39. The molecule has 0 aliphatic heterocycles. The summed E-state index contributed by atoms with van der Waals surface area (Å²) in [6.07, 6.45) is 7.15. The Morgan fingerprint density at radius 1 is 1.24 bits per heavy atom. The van der Waals surface area contributed by atoms with Crippen LogP contribution in [0, 0.1) is 11.6 Å². The fourth-order valence-corrected chi connectivity index (χ4v) is 4.04. The number of guanidine groups is 1. The Bertz CT molecular complexity index is 1310. The van der Waals surface area contributed by atoms with Crippen LogP contribution in [0.5, 0.6) is 5.75 Å². The number of benzene rings is 2. The fraction of sp³-hybridized carbons (Fsp3) is 0.222. The average molecular weight is 524 g/mol. The summed E-state index contributed by atoms with van der Waals surface area (Å²) in [5, 5.41) is 2.92. The molecule has 37 heavy (non-hydrogen) atoms. The van der Waals surface area contributed by atoms with E-state index in [9.17, 15) is 13.6 Å². The second-order valence-corrected chi connectivity index (χ2v) is 9.29. The van der Waals surface area contributed by atoms with Gasteiger partial charge in [0.25, 0.3) is 0 Å². The van der Waals surface area contributed by atoms with Crippen molar-refractivity contribution in [3.8, 4) is 5.75 Å². The number of hydrogen-bond acceptors (Lipinski definition) is 4. The predicted molar refractivity (Wildman–Crippen MR) is 145 cm³/mol. The minimum absolute atomic E-state index is 0.0831. The highest BCUT2D eigenvalue weighted by Gasteiger charge is 2.25. The Kier molecular flexibility index (Phi) is 8.14. The molecule has 1 aromatic heterocycles. The zero-order valence-electron chi connectivity index (χ0n) is 20.6. The number of halogens is 2. The van der Waals surface area contributed by atoms with Gasteiger partial charge in [-0.1, -0.05) is 6.58 Å². The quantitative estimate of drug-likeness (QED) is 0.262. The maximum absolute atomic E-state index is 14.1. The first-order valence-corrected chi connectivity index (χ1v) is 12.2. The van der Waals surface area contributed by atoms with Gasteiger partial charge < -0.3 is 9.64 Å². The molecule has 7 nitrogen and oxygen atoms in total. The van der Waals surface area contributed by atoms with E-state index in [0.29, 0.717) is 28.6 Å². The van der Waals surface area contributed by atoms with E-state index in [1.165, 1.54) is 17.2 Å². The molecule has 4 rings (SSSR count). The van der Waals surface area contributed by atoms with Crippen molar-refractivity contribution in [2.75, 3.05) is 19.1 Å². The van der Waals surface area contributed by atoms with E-state index in [1.807, 2.05) is 12.3 Å². The van der Waals surface area contributed by atoms with Crippen LogP contribution >= 0.6 is 9.24 Å². The zero-order chi connectivity index (χ0) is 26.5. The summed E-state index contributed by atoms with van der Waals surface area (Å²) in [5.41, 5.74) is 2.75. The maximum atomic E-state index is 14.1. The topological polar surface area (TPSA) is 70.1 Å². The lowest BCUT2D eigenvalue weighted by molar-refractivity contribution is 0.250. The van der Waals surface area contributed by atoms with Crippen molar-refractivity contribution in [1.82, 2.24) is 15.2 Å². The number of rotatable bonds is 7. The highest BCUT2D eigenvalue weighted by atomic mass is 31.0. The molecular weight excluding hydrogens is 495 g/mol. The Balaban J connectivity index is 1.63. The lowest BCUT2D eigenvalue weighted by atomic mass is 10.2. The SMILES string of the molecule is C=CN(Cc1cc(F)c(F)c(P)c1)C(=Nc1ccc(OC)cc1)NC(=O)N(C)c1cncc(C2CC2)c1. The summed E-state index contributed by atoms with van der Waals surface area (Å²) >= 11 is 0. The van der Waals surface area contributed by atoms with Gasteiger partial charge in [0.15, 0.2) is 11.6 Å². The molecule has 0 radical (unpaired) electrons. The van der Waals surface area contributed by atoms with Crippen molar-refractivity contribution in [3.63, 3.8) is 0 Å². The monoisotopic (exact) mass is 523 g/mol. The highest BCUT2D eigenvalue weighted by molar-refractivity contribution is 7.27. The number of aliphatic imine (C=N–C) groups is 1. The lowest BCUT2D eigenvalue weighted by Gasteiger charge is -2.25. The second kappa shape index (κ2) is 11.5. The molecule has 0 spiro atoms. The number of carbonyl (C=O) groups excluding carboxylic acids is 1. The highest BCUT2D eigenvalue weighted by Crippen LogP contribution is 2.40. The van der Waals surface area contributed by atoms with Crippen LogP contribution in [0.4, 0.5) is 25.0 Å². The normalized spacial score (nSPS) is 13.2. The molecule has 1 unspecified atom stereocenters. The van der Waals surface area contributed by atoms with Gasteiger partial charge in [-0.15, -0.1) is 9.24 Å². The van der Waals surface area contributed by atoms with Gasteiger partial charge in [-0.2, -0.15) is 0 Å². The van der Waals surface area contributed by atoms with E-state index in [1.54, 1.807) is 49.5 Å². The number of nitrogens with zero attached hydrogens (tertiary/aromatic N) is 4. The van der Waals surface area contributed by atoms with E-state index in [-0.39, 0.29) is 17.8 Å². The largest absolute Gasteiger partial charge is 0.497 e. The molecule has 1 saturated carbocycles. The number of methoxy groups -OCH3 is 1. The van der Waals surface area contributed by atoms with Crippen molar-refractivity contribution in [1.29, 1.82) is 0 Å². The van der Waals surface area contributed by atoms with Crippen molar-refractivity contribution in [3.05, 3.63) is 90.4 Å². The van der Waals surface area contributed by atoms with Crippen molar-refractivity contribution >= 4 is 37.9 Å². The number of anilines is 1. The van der Waals surface area contributed by atoms with Crippen molar-refractivity contribution in [2.24, 2.45) is 4.99 Å². The van der Waals surface area contributed by atoms with Crippen LogP contribution in [0.25, 0.3) is 0 Å². The fourth-order valence-electron chi connectivity index (χ4n) is 3.69. The molecule has 1 aliphatic carbocycles. The molecule has 1 N–H and O–H groups in total. The first-order chi connectivity index (χ1) is 17.8. The molecule has 2 aromatic carbocycles. The first-order valence-electron chi connectivity index (χ1n) is 11.6. The average Bonchev–Trinajstić information content (AvgIpc) is 3.76. The number of pyridine rings is 1. The third kappa shape index (κ3) is 6.49. The summed E-state index contributed by atoms with van der Waals surface area (Å²) in [6.45, 7) is 3.92. The molecule has 3 aromatic rings. The molecule has 10 heteroatoms. The van der Waals surface area contributed by atoms with Gasteiger partial charge in [0.1, 0.15) is 5.75 Å². The number of nitrogens with one attached hydrogen (secondary N) is 1. The van der Waals surface area contributed by atoms with Gasteiger partial charge in [0.2, 0.25) is 5.96 Å². The molecule has 1 heterocycles. The maximum Gasteiger partial charge on any atom is 0.328 e. The van der Waals surface area contributed by atoms with Crippen LogP contribution in [0.2, 0.25) is 0 Å². The van der Waals surface area contributed by atoms with E-state index in [2.05, 4.69) is 31.1 Å². The Labute approximate surface area is 217 Å². The standard InChI is InChI=1S/C27H28F2N5O2P/c1-4-34(16-17-11-23(28)25(29)24(37)12-17)26(31-20-7-9-22(36-3)10-8-20)32-27(35)33(2)21-13-19(14-30-15-21)18-5-6-18/h4,7-15,18H,1,5-6,16,37H2,2-3H3,(H,31,32,35). The molecule has 192 valence electrons. The van der Waals surface area contributed by atoms with Crippen molar-refractivity contribution < 1.29 is 18.3 Å². The molecule has 1 fully saturated rings. The molecule has 0 bridgehead atoms. The van der Waals surface area contributed by atoms with Crippen LogP contribution < -0.4 is 20.3 Å². The van der Waals surface area contributed by atoms with Gasteiger partial charge in [0.05, 0.1) is 31.2 Å². The van der Waals surface area contributed by atoms with E-state index in [0.717, 1.165) is 24.5 Å². The summed E-state index contributed by atoms with van der Waals surface area (Å²) in [6, 6.07) is 11.1. The predicted octanol–water partition coefficient (Wildman–Crippen LogP) is 5.23. The minimum atomic E-state index is -0.966. The van der Waals surface area contributed by atoms with Crippen LogP contribution in [-0.4, -0.2) is 36.0 Å². The molecule has 0 saturated heterocycles. The number of aromatic nitrogens is 1. The van der Waals surface area contributed by atoms with Gasteiger partial charge in [0, 0.05) is 24.7 Å². The minimum Gasteiger partial charge on any atom is -0.497 e. The summed E-state index contributed by atoms with van der Waals surface area (Å²) in [5.74, 6) is -0.596. The van der Waals surface area contributed by atoms with E-state index < -0.39 is 17.7 Å². The number of ether oxygens (including phenoxy) is 1. The van der Waals surface area contributed by atoms with Crippen LogP contribution in [-0.2, 0) is 6.54 Å². The van der Waals surface area contributed by atoms with Gasteiger partial charge in [-0.3, -0.25) is 15.2 Å². The lowest BCUT2D eigenvalue weighted by Crippen LogP contribution is -2.46. The van der Waals surface area contributed by atoms with Crippen molar-refractivity contribution in [2.45, 2.75) is 25.3 Å². The number of carbonyl (C=O) groups is 1. The smallest absolute Gasteiger partial charge is 0.328 e. The first kappa shape index (κ1) is 26.2. The van der Waals surface area contributed by atoms with Crippen LogP contribution in [0.1, 0.15) is 29.9 Å². The molecule has 1 atom stereocenters. The molecular formula is C27H28F2N5O2P. The van der Waals surface area contributed by atoms with Gasteiger partial charge in [-0.05, 0) is 72.4 Å². The van der Waals surface area contributed by atoms with E-state index in [4.69, 9.17) is 4.74 Å². The molecule has 1 aliphatic rings. The Hall–Kier alpha value is -3.84. The molecule has 2 amide bonds. The Morgan fingerprint density at radius 3 is 2.59 bits per heavy atom. The van der Waals surface area contributed by atoms with Gasteiger partial charge in [-0.25, -0.2) is 18.6 Å².